The van der Waals surface area contributed by atoms with Gasteiger partial charge in [0.05, 0.1) is 29.7 Å². The van der Waals surface area contributed by atoms with E-state index < -0.39 is 0 Å². The highest BCUT2D eigenvalue weighted by Gasteiger charge is 2.18. The lowest BCUT2D eigenvalue weighted by Crippen LogP contribution is -2.27. The average Bonchev–Trinajstić information content (AvgIpc) is 3.21. The molecule has 0 spiro atoms. The van der Waals surface area contributed by atoms with Gasteiger partial charge in [0.1, 0.15) is 5.75 Å². The number of rotatable bonds is 11. The molecule has 1 amide bonds. The highest BCUT2D eigenvalue weighted by Crippen LogP contribution is 2.32. The van der Waals surface area contributed by atoms with Gasteiger partial charge in [0, 0.05) is 18.7 Å². The van der Waals surface area contributed by atoms with Gasteiger partial charge in [-0.05, 0) is 38.5 Å². The Morgan fingerprint density at radius 1 is 1.19 bits per heavy atom. The summed E-state index contributed by atoms with van der Waals surface area (Å²) in [6.45, 7) is 5.18. The number of thioether (sulfide) groups is 1. The van der Waals surface area contributed by atoms with E-state index in [1.807, 2.05) is 54.8 Å². The molecule has 7 nitrogen and oxygen atoms in total. The van der Waals surface area contributed by atoms with Crippen molar-refractivity contribution >= 4 is 29.3 Å². The van der Waals surface area contributed by atoms with Gasteiger partial charge in [-0.2, -0.15) is 0 Å². The van der Waals surface area contributed by atoms with Crippen molar-refractivity contribution in [2.75, 3.05) is 26.0 Å². The smallest absolute Gasteiger partial charge is 0.230 e. The van der Waals surface area contributed by atoms with Gasteiger partial charge in [0.2, 0.25) is 5.91 Å². The van der Waals surface area contributed by atoms with E-state index in [1.165, 1.54) is 11.8 Å². The van der Waals surface area contributed by atoms with Crippen molar-refractivity contribution in [3.8, 4) is 22.8 Å². The third-order valence-corrected chi connectivity index (χ3v) is 5.71. The van der Waals surface area contributed by atoms with E-state index >= 15 is 0 Å². The normalized spacial score (nSPS) is 11.0. The zero-order valence-electron chi connectivity index (χ0n) is 18.4. The minimum Gasteiger partial charge on any atom is -0.495 e. The fourth-order valence-electron chi connectivity index (χ4n) is 2.96. The van der Waals surface area contributed by atoms with Crippen LogP contribution < -0.4 is 10.1 Å². The first-order valence-electron chi connectivity index (χ1n) is 10.4. The molecule has 1 heterocycles. The van der Waals surface area contributed by atoms with Crippen molar-refractivity contribution in [1.29, 1.82) is 0 Å². The number of hydrogen-bond acceptors (Lipinski definition) is 6. The summed E-state index contributed by atoms with van der Waals surface area (Å²) in [5.74, 6) is 1.41. The fraction of sp³-hybridized carbons (Fsp3) is 0.348. The topological polar surface area (TPSA) is 78.3 Å². The number of methoxy groups -OCH3 is 1. The number of aromatic nitrogens is 3. The summed E-state index contributed by atoms with van der Waals surface area (Å²) in [5, 5.41) is 12.7. The Balaban J connectivity index is 1.76. The molecule has 0 saturated heterocycles. The molecule has 0 atom stereocenters. The van der Waals surface area contributed by atoms with Gasteiger partial charge in [-0.15, -0.1) is 10.2 Å². The standard InChI is InChI=1S/C23H27ClN4O3S/c1-16(2)31-13-7-12-25-21(29)15-32-23-27-26-22(17-8-5-4-6-9-17)28(23)18-10-11-20(30-3)19(24)14-18/h4-6,8-11,14,16H,7,12-13,15H2,1-3H3,(H,25,29). The average molecular weight is 475 g/mol. The first kappa shape index (κ1) is 24.1. The van der Waals surface area contributed by atoms with E-state index in [0.29, 0.717) is 34.9 Å². The second-order valence-corrected chi connectivity index (χ2v) is 8.59. The Bertz CT molecular complexity index is 1030. The van der Waals surface area contributed by atoms with Crippen molar-refractivity contribution in [1.82, 2.24) is 20.1 Å². The number of carbonyl (C=O) groups excluding carboxylic acids is 1. The van der Waals surface area contributed by atoms with Crippen LogP contribution in [0.5, 0.6) is 5.75 Å². The van der Waals surface area contributed by atoms with Gasteiger partial charge in [-0.1, -0.05) is 53.7 Å². The minimum absolute atomic E-state index is 0.0666. The summed E-state index contributed by atoms with van der Waals surface area (Å²) < 4.78 is 12.7. The maximum Gasteiger partial charge on any atom is 0.230 e. The molecule has 32 heavy (non-hydrogen) atoms. The lowest BCUT2D eigenvalue weighted by Gasteiger charge is -2.12. The molecule has 2 aromatic carbocycles. The van der Waals surface area contributed by atoms with Crippen LogP contribution in [0.25, 0.3) is 17.1 Å². The first-order valence-corrected chi connectivity index (χ1v) is 11.7. The zero-order chi connectivity index (χ0) is 22.9. The molecule has 0 fully saturated rings. The third-order valence-electron chi connectivity index (χ3n) is 4.49. The van der Waals surface area contributed by atoms with Crippen LogP contribution in [0.1, 0.15) is 20.3 Å². The van der Waals surface area contributed by atoms with Crippen LogP contribution in [-0.2, 0) is 9.53 Å². The van der Waals surface area contributed by atoms with Crippen LogP contribution in [0, 0.1) is 0 Å². The molecule has 0 bridgehead atoms. The molecule has 0 saturated carbocycles. The highest BCUT2D eigenvalue weighted by atomic mass is 35.5. The van der Waals surface area contributed by atoms with E-state index in [0.717, 1.165) is 17.7 Å². The zero-order valence-corrected chi connectivity index (χ0v) is 19.9. The van der Waals surface area contributed by atoms with Crippen LogP contribution in [0.3, 0.4) is 0 Å². The van der Waals surface area contributed by atoms with E-state index in [1.54, 1.807) is 19.2 Å². The van der Waals surface area contributed by atoms with Gasteiger partial charge < -0.3 is 14.8 Å². The van der Waals surface area contributed by atoms with Gasteiger partial charge in [-0.3, -0.25) is 9.36 Å². The predicted octanol–water partition coefficient (Wildman–Crippen LogP) is 4.62. The van der Waals surface area contributed by atoms with Crippen LogP contribution >= 0.6 is 23.4 Å². The molecule has 1 N–H and O–H groups in total. The van der Waals surface area contributed by atoms with Gasteiger partial charge in [-0.25, -0.2) is 0 Å². The van der Waals surface area contributed by atoms with Crippen molar-refractivity contribution < 1.29 is 14.3 Å². The van der Waals surface area contributed by atoms with Gasteiger partial charge in [0.25, 0.3) is 0 Å². The molecule has 0 aliphatic carbocycles. The molecule has 9 heteroatoms. The van der Waals surface area contributed by atoms with Crippen LogP contribution in [0.2, 0.25) is 5.02 Å². The molecule has 0 aliphatic rings. The number of halogens is 1. The Labute approximate surface area is 197 Å². The molecular weight excluding hydrogens is 448 g/mol. The number of amides is 1. The summed E-state index contributed by atoms with van der Waals surface area (Å²) in [4.78, 5) is 12.3. The molecule has 170 valence electrons. The quantitative estimate of drug-likeness (QED) is 0.322. The fourth-order valence-corrected chi connectivity index (χ4v) is 4.00. The van der Waals surface area contributed by atoms with E-state index in [4.69, 9.17) is 21.1 Å². The first-order chi connectivity index (χ1) is 15.5. The van der Waals surface area contributed by atoms with E-state index in [9.17, 15) is 4.79 Å². The molecule has 0 unspecified atom stereocenters. The number of ether oxygens (including phenoxy) is 2. The Kier molecular flexibility index (Phi) is 8.96. The summed E-state index contributed by atoms with van der Waals surface area (Å²) in [6, 6.07) is 15.2. The van der Waals surface area contributed by atoms with Crippen LogP contribution in [0.4, 0.5) is 0 Å². The molecule has 0 aliphatic heterocycles. The number of benzene rings is 2. The molecule has 3 rings (SSSR count). The van der Waals surface area contributed by atoms with E-state index in [-0.39, 0.29) is 17.8 Å². The monoisotopic (exact) mass is 474 g/mol. The number of nitrogens with one attached hydrogen (secondary N) is 1. The number of hydrogen-bond donors (Lipinski definition) is 1. The number of carbonyl (C=O) groups is 1. The summed E-state index contributed by atoms with van der Waals surface area (Å²) in [6.07, 6.45) is 0.964. The Morgan fingerprint density at radius 2 is 1.97 bits per heavy atom. The lowest BCUT2D eigenvalue weighted by atomic mass is 10.2. The van der Waals surface area contributed by atoms with Crippen molar-refractivity contribution in [3.05, 3.63) is 53.6 Å². The Morgan fingerprint density at radius 3 is 2.66 bits per heavy atom. The molecule has 1 aromatic heterocycles. The van der Waals surface area contributed by atoms with Gasteiger partial charge in [0.15, 0.2) is 11.0 Å². The SMILES string of the molecule is COc1ccc(-n2c(SCC(=O)NCCCOC(C)C)nnc2-c2ccccc2)cc1Cl. The predicted molar refractivity (Wildman–Crippen MR) is 128 cm³/mol. The summed E-state index contributed by atoms with van der Waals surface area (Å²) in [7, 11) is 1.57. The lowest BCUT2D eigenvalue weighted by molar-refractivity contribution is -0.118. The van der Waals surface area contributed by atoms with Gasteiger partial charge >= 0.3 is 0 Å². The summed E-state index contributed by atoms with van der Waals surface area (Å²) in [5.41, 5.74) is 1.70. The molecular formula is C23H27ClN4O3S. The van der Waals surface area contributed by atoms with Crippen LogP contribution in [0.15, 0.2) is 53.7 Å². The van der Waals surface area contributed by atoms with Crippen LogP contribution in [-0.4, -0.2) is 52.8 Å². The number of nitrogens with zero attached hydrogens (tertiary/aromatic N) is 3. The third kappa shape index (κ3) is 6.48. The molecule has 0 radical (unpaired) electrons. The maximum absolute atomic E-state index is 12.3. The highest BCUT2D eigenvalue weighted by molar-refractivity contribution is 7.99. The maximum atomic E-state index is 12.3. The Hall–Kier alpha value is -2.55. The largest absolute Gasteiger partial charge is 0.495 e. The van der Waals surface area contributed by atoms with Crippen molar-refractivity contribution in [2.45, 2.75) is 31.5 Å². The van der Waals surface area contributed by atoms with E-state index in [2.05, 4.69) is 15.5 Å². The minimum atomic E-state index is -0.0666. The second-order valence-electron chi connectivity index (χ2n) is 7.24. The summed E-state index contributed by atoms with van der Waals surface area (Å²) >= 11 is 7.69. The second kappa shape index (κ2) is 11.9. The van der Waals surface area contributed by atoms with Crippen molar-refractivity contribution in [2.24, 2.45) is 0 Å². The van der Waals surface area contributed by atoms with Crippen molar-refractivity contribution in [3.63, 3.8) is 0 Å². The molecule has 3 aromatic rings.